The first-order valence-electron chi connectivity index (χ1n) is 8.92. The molecule has 1 aliphatic rings. The molecule has 136 valence electrons. The van der Waals surface area contributed by atoms with Crippen LogP contribution in [0, 0.1) is 0 Å². The number of nitrogens with zero attached hydrogens (tertiary/aromatic N) is 4. The third kappa shape index (κ3) is 2.73. The summed E-state index contributed by atoms with van der Waals surface area (Å²) >= 11 is 1.46. The summed E-state index contributed by atoms with van der Waals surface area (Å²) in [5, 5.41) is 1.14. The van der Waals surface area contributed by atoms with E-state index < -0.39 is 0 Å². The normalized spacial score (nSPS) is 12.8. The summed E-state index contributed by atoms with van der Waals surface area (Å²) in [6.45, 7) is 0. The Kier molecular flexibility index (Phi) is 4.06. The number of benzene rings is 2. The van der Waals surface area contributed by atoms with Gasteiger partial charge in [-0.1, -0.05) is 48.2 Å². The zero-order chi connectivity index (χ0) is 19.1. The summed E-state index contributed by atoms with van der Waals surface area (Å²) in [5.41, 5.74) is 5.27. The Balaban J connectivity index is 1.80. The lowest BCUT2D eigenvalue weighted by Crippen LogP contribution is -2.21. The van der Waals surface area contributed by atoms with Gasteiger partial charge in [0.05, 0.1) is 22.3 Å². The molecule has 0 N–H and O–H groups in total. The number of rotatable bonds is 3. The topological polar surface area (TPSA) is 60.1 Å². The van der Waals surface area contributed by atoms with Crippen LogP contribution in [-0.4, -0.2) is 26.5 Å². The minimum Gasteiger partial charge on any atom is -0.283 e. The largest absolute Gasteiger partial charge is 0.283 e. The molecule has 5 nitrogen and oxygen atoms in total. The molecule has 0 atom stereocenters. The number of hydrogen-bond donors (Lipinski definition) is 0. The van der Waals surface area contributed by atoms with Gasteiger partial charge in [-0.15, -0.1) is 0 Å². The van der Waals surface area contributed by atoms with Crippen molar-refractivity contribution in [3.8, 4) is 5.69 Å². The molecule has 6 heteroatoms. The molecule has 0 spiro atoms. The minimum absolute atomic E-state index is 0.131. The fraction of sp³-hybridized carbons (Fsp3) is 0.0909. The van der Waals surface area contributed by atoms with E-state index in [2.05, 4.69) is 16.0 Å². The molecule has 28 heavy (non-hydrogen) atoms. The molecular formula is C22H16N4OS. The molecule has 0 unspecified atom stereocenters. The fourth-order valence-electron chi connectivity index (χ4n) is 3.49. The van der Waals surface area contributed by atoms with Crippen LogP contribution in [0.5, 0.6) is 0 Å². The van der Waals surface area contributed by atoms with E-state index in [0.717, 1.165) is 29.1 Å². The van der Waals surface area contributed by atoms with E-state index in [9.17, 15) is 4.79 Å². The molecule has 0 bridgehead atoms. The van der Waals surface area contributed by atoms with Crippen molar-refractivity contribution in [2.45, 2.75) is 11.6 Å². The Morgan fingerprint density at radius 2 is 1.82 bits per heavy atom. The maximum absolute atomic E-state index is 13.2. The van der Waals surface area contributed by atoms with Crippen molar-refractivity contribution in [1.82, 2.24) is 14.5 Å². The molecule has 0 saturated carbocycles. The average Bonchev–Trinajstić information content (AvgIpc) is 3.18. The van der Waals surface area contributed by atoms with Gasteiger partial charge in [0.1, 0.15) is 0 Å². The average molecular weight is 384 g/mol. The van der Waals surface area contributed by atoms with Gasteiger partial charge in [0.2, 0.25) is 0 Å². The Bertz CT molecular complexity index is 1300. The summed E-state index contributed by atoms with van der Waals surface area (Å²) < 4.78 is 1.66. The number of aliphatic imine (C=N–C) groups is 1. The fourth-order valence-corrected chi connectivity index (χ4v) is 3.83. The molecule has 2 aromatic heterocycles. The second kappa shape index (κ2) is 6.73. The predicted molar refractivity (Wildman–Crippen MR) is 113 cm³/mol. The molecule has 0 radical (unpaired) electrons. The van der Waals surface area contributed by atoms with Crippen LogP contribution in [0.15, 0.2) is 81.9 Å². The summed E-state index contributed by atoms with van der Waals surface area (Å²) in [6.07, 6.45) is 6.13. The van der Waals surface area contributed by atoms with Crippen molar-refractivity contribution in [1.29, 1.82) is 0 Å². The maximum atomic E-state index is 13.2. The van der Waals surface area contributed by atoms with Crippen molar-refractivity contribution < 1.29 is 0 Å². The van der Waals surface area contributed by atoms with Gasteiger partial charge in [0.15, 0.2) is 5.16 Å². The van der Waals surface area contributed by atoms with Crippen molar-refractivity contribution in [3.63, 3.8) is 0 Å². The van der Waals surface area contributed by atoms with E-state index in [1.54, 1.807) is 10.8 Å². The number of hydrogen-bond acceptors (Lipinski definition) is 5. The van der Waals surface area contributed by atoms with Crippen LogP contribution in [-0.2, 0) is 6.42 Å². The lowest BCUT2D eigenvalue weighted by atomic mass is 10.0. The van der Waals surface area contributed by atoms with E-state index in [0.29, 0.717) is 16.1 Å². The first-order chi connectivity index (χ1) is 13.7. The summed E-state index contributed by atoms with van der Waals surface area (Å²) in [5.74, 6) is 0. The molecule has 2 aromatic carbocycles. The Hall–Kier alpha value is -3.25. The molecule has 0 amide bonds. The number of fused-ring (bicyclic) bond motifs is 2. The number of aromatic nitrogens is 3. The van der Waals surface area contributed by atoms with E-state index >= 15 is 0 Å². The molecule has 0 fully saturated rings. The highest BCUT2D eigenvalue weighted by molar-refractivity contribution is 7.98. The van der Waals surface area contributed by atoms with Crippen LogP contribution in [0.2, 0.25) is 0 Å². The molecule has 1 aliphatic heterocycles. The van der Waals surface area contributed by atoms with E-state index in [4.69, 9.17) is 4.99 Å². The molecule has 5 rings (SSSR count). The molecule has 0 aliphatic carbocycles. The Labute approximate surface area is 165 Å². The number of pyridine rings is 1. The third-order valence-corrected chi connectivity index (χ3v) is 5.42. The summed E-state index contributed by atoms with van der Waals surface area (Å²) in [7, 11) is 0. The second-order valence-corrected chi connectivity index (χ2v) is 7.31. The van der Waals surface area contributed by atoms with Gasteiger partial charge in [-0.3, -0.25) is 14.4 Å². The van der Waals surface area contributed by atoms with E-state index in [1.807, 2.05) is 61.0 Å². The summed E-state index contributed by atoms with van der Waals surface area (Å²) in [4.78, 5) is 27.0. The van der Waals surface area contributed by atoms with Gasteiger partial charge in [-0.05, 0) is 30.0 Å². The van der Waals surface area contributed by atoms with Crippen LogP contribution in [0.25, 0.3) is 16.6 Å². The standard InChI is InChI=1S/C22H16N4OS/c1-28-22-23-12-16-20(25-22)17(19-11-14-7-5-6-10-18(14)24-19)13-26(21(16)27)15-8-3-2-4-9-15/h2-10,12-13H,11H2,1H3. The number of para-hydroxylation sites is 2. The highest BCUT2D eigenvalue weighted by Crippen LogP contribution is 2.30. The van der Waals surface area contributed by atoms with Gasteiger partial charge in [0.25, 0.3) is 5.56 Å². The van der Waals surface area contributed by atoms with Crippen LogP contribution in [0.4, 0.5) is 5.69 Å². The lowest BCUT2D eigenvalue weighted by Gasteiger charge is -2.12. The monoisotopic (exact) mass is 384 g/mol. The molecule has 3 heterocycles. The highest BCUT2D eigenvalue weighted by Gasteiger charge is 2.21. The van der Waals surface area contributed by atoms with Crippen molar-refractivity contribution in [2.24, 2.45) is 4.99 Å². The zero-order valence-corrected chi connectivity index (χ0v) is 16.0. The molecule has 0 saturated heterocycles. The van der Waals surface area contributed by atoms with E-state index in [1.165, 1.54) is 17.3 Å². The Morgan fingerprint density at radius 1 is 1.04 bits per heavy atom. The van der Waals surface area contributed by atoms with Crippen LogP contribution in [0.3, 0.4) is 0 Å². The van der Waals surface area contributed by atoms with Gasteiger partial charge < -0.3 is 0 Å². The van der Waals surface area contributed by atoms with Crippen LogP contribution < -0.4 is 5.56 Å². The molecule has 4 aromatic rings. The predicted octanol–water partition coefficient (Wildman–Crippen LogP) is 4.18. The smallest absolute Gasteiger partial charge is 0.266 e. The van der Waals surface area contributed by atoms with Gasteiger partial charge in [0, 0.05) is 30.1 Å². The van der Waals surface area contributed by atoms with Crippen LogP contribution >= 0.6 is 11.8 Å². The van der Waals surface area contributed by atoms with Gasteiger partial charge in [-0.2, -0.15) is 0 Å². The van der Waals surface area contributed by atoms with E-state index in [-0.39, 0.29) is 5.56 Å². The van der Waals surface area contributed by atoms with Gasteiger partial charge in [-0.25, -0.2) is 9.97 Å². The van der Waals surface area contributed by atoms with Crippen molar-refractivity contribution >= 4 is 34.1 Å². The zero-order valence-electron chi connectivity index (χ0n) is 15.2. The molecular weight excluding hydrogens is 368 g/mol. The highest BCUT2D eigenvalue weighted by atomic mass is 32.2. The first-order valence-corrected chi connectivity index (χ1v) is 10.1. The number of thioether (sulfide) groups is 1. The maximum Gasteiger partial charge on any atom is 0.266 e. The first kappa shape index (κ1) is 16.9. The minimum atomic E-state index is -0.131. The Morgan fingerprint density at radius 3 is 2.61 bits per heavy atom. The third-order valence-electron chi connectivity index (χ3n) is 4.86. The second-order valence-electron chi connectivity index (χ2n) is 6.54. The van der Waals surface area contributed by atoms with Crippen molar-refractivity contribution in [2.75, 3.05) is 6.26 Å². The quantitative estimate of drug-likeness (QED) is 0.393. The lowest BCUT2D eigenvalue weighted by molar-refractivity contribution is 0.965. The SMILES string of the molecule is CSc1ncc2c(=O)n(-c3ccccc3)cc(C3=Nc4ccccc4C3)c2n1. The van der Waals surface area contributed by atoms with Gasteiger partial charge >= 0.3 is 0 Å². The summed E-state index contributed by atoms with van der Waals surface area (Å²) in [6, 6.07) is 17.7. The van der Waals surface area contributed by atoms with Crippen LogP contribution in [0.1, 0.15) is 11.1 Å². The van der Waals surface area contributed by atoms with Crippen molar-refractivity contribution in [3.05, 3.63) is 88.5 Å².